The number of ether oxygens (including phenoxy) is 1. The van der Waals surface area contributed by atoms with Gasteiger partial charge in [-0.05, 0) is 48.9 Å². The summed E-state index contributed by atoms with van der Waals surface area (Å²) >= 11 is 0. The first kappa shape index (κ1) is 33.0. The fraction of sp³-hybridized carbons (Fsp3) is 0.486. The molecule has 0 spiro atoms. The number of benzene rings is 2. The maximum absolute atomic E-state index is 13.5. The molecule has 2 saturated heterocycles. The summed E-state index contributed by atoms with van der Waals surface area (Å²) < 4.78 is 7.26. The van der Waals surface area contributed by atoms with Crippen LogP contribution in [0.3, 0.4) is 0 Å². The molecule has 4 heterocycles. The van der Waals surface area contributed by atoms with Crippen molar-refractivity contribution in [2.45, 2.75) is 57.1 Å². The lowest BCUT2D eigenvalue weighted by Gasteiger charge is -2.33. The van der Waals surface area contributed by atoms with Gasteiger partial charge in [0.2, 0.25) is 5.82 Å². The first-order valence-electron chi connectivity index (χ1n) is 16.5. The van der Waals surface area contributed by atoms with Crippen molar-refractivity contribution >= 4 is 22.9 Å². The van der Waals surface area contributed by atoms with Crippen molar-refractivity contribution in [1.29, 1.82) is 0 Å². The van der Waals surface area contributed by atoms with Gasteiger partial charge in [-0.3, -0.25) is 9.36 Å². The third-order valence-corrected chi connectivity index (χ3v) is 9.58. The highest BCUT2D eigenvalue weighted by atomic mass is 16.6. The van der Waals surface area contributed by atoms with Crippen LogP contribution in [0, 0.1) is 11.8 Å². The lowest BCUT2D eigenvalue weighted by molar-refractivity contribution is -0.0511. The van der Waals surface area contributed by atoms with E-state index >= 15 is 0 Å². The van der Waals surface area contributed by atoms with Crippen LogP contribution in [-0.4, -0.2) is 103 Å². The molecule has 5 N–H and O–H groups in total. The number of anilines is 1. The van der Waals surface area contributed by atoms with Crippen LogP contribution in [0.1, 0.15) is 60.6 Å². The highest BCUT2D eigenvalue weighted by molar-refractivity contribution is 5.94. The van der Waals surface area contributed by atoms with Crippen molar-refractivity contribution in [2.24, 2.45) is 11.8 Å². The van der Waals surface area contributed by atoms with E-state index < -0.39 is 37.1 Å². The first-order valence-corrected chi connectivity index (χ1v) is 16.5. The second-order valence-corrected chi connectivity index (χ2v) is 12.9. The molecule has 0 unspecified atom stereocenters. The number of nitrogens with one attached hydrogen (secondary N) is 2. The average Bonchev–Trinajstić information content (AvgIpc) is 3.65. The number of hydrogen-bond donors (Lipinski definition) is 5. The number of amides is 1. The highest BCUT2D eigenvalue weighted by Gasteiger charge is 2.44. The number of rotatable bonds is 12. The quantitative estimate of drug-likeness (QED) is 0.156. The number of piperidine rings is 1. The minimum atomic E-state index is -1.34. The standard InChI is InChI=1S/C35H45N7O5/c1-22(2)23-13-16-41(17-14-23)18-15-36-34(46)32-39-31(37-19-26(24-9-5-3-6-10-24)25-11-7-4-8-12-25)28-33(40-32)42(21-38-28)35-30(45)29(44)27(20-43)47-35/h3-12,21-23,26-27,29-30,35,43-45H,13-20H2,1-2H3,(H,36,46)(H,37,39,40)/t27-,29-,30+,35-/m1/s1. The minimum Gasteiger partial charge on any atom is -0.394 e. The number of imidazole rings is 1. The van der Waals surface area contributed by atoms with Crippen LogP contribution in [0.25, 0.3) is 11.2 Å². The minimum absolute atomic E-state index is 0.0259. The van der Waals surface area contributed by atoms with Gasteiger partial charge in [0.05, 0.1) is 12.9 Å². The number of nitrogens with zero attached hydrogens (tertiary/aromatic N) is 5. The van der Waals surface area contributed by atoms with Gasteiger partial charge in [-0.25, -0.2) is 15.0 Å². The average molecular weight is 644 g/mol. The van der Waals surface area contributed by atoms with E-state index in [-0.39, 0.29) is 17.4 Å². The molecule has 12 nitrogen and oxygen atoms in total. The lowest BCUT2D eigenvalue weighted by atomic mass is 9.87. The van der Waals surface area contributed by atoms with Gasteiger partial charge in [0.25, 0.3) is 5.91 Å². The van der Waals surface area contributed by atoms with Crippen LogP contribution < -0.4 is 10.6 Å². The van der Waals surface area contributed by atoms with E-state index in [0.29, 0.717) is 30.3 Å². The monoisotopic (exact) mass is 643 g/mol. The molecule has 0 saturated carbocycles. The zero-order chi connectivity index (χ0) is 32.9. The molecule has 0 radical (unpaired) electrons. The summed E-state index contributed by atoms with van der Waals surface area (Å²) in [5.74, 6) is 1.28. The van der Waals surface area contributed by atoms with Gasteiger partial charge in [-0.1, -0.05) is 74.5 Å². The Morgan fingerprint density at radius 2 is 1.64 bits per heavy atom. The fourth-order valence-electron chi connectivity index (χ4n) is 6.68. The molecule has 6 rings (SSSR count). The Labute approximate surface area is 274 Å². The molecule has 12 heteroatoms. The Hall–Kier alpha value is -3.94. The molecule has 4 aromatic rings. The largest absolute Gasteiger partial charge is 0.394 e. The molecular weight excluding hydrogens is 598 g/mol. The zero-order valence-corrected chi connectivity index (χ0v) is 26.9. The molecule has 2 fully saturated rings. The number of fused-ring (bicyclic) bond motifs is 1. The Morgan fingerprint density at radius 1 is 0.979 bits per heavy atom. The molecule has 2 aliphatic rings. The molecule has 0 bridgehead atoms. The summed E-state index contributed by atoms with van der Waals surface area (Å²) in [4.78, 5) is 29.6. The second-order valence-electron chi connectivity index (χ2n) is 12.9. The summed E-state index contributed by atoms with van der Waals surface area (Å²) in [5.41, 5.74) is 2.87. The van der Waals surface area contributed by atoms with E-state index in [9.17, 15) is 20.1 Å². The predicted octanol–water partition coefficient (Wildman–Crippen LogP) is 2.78. The smallest absolute Gasteiger partial charge is 0.289 e. The van der Waals surface area contributed by atoms with Gasteiger partial charge in [0, 0.05) is 25.6 Å². The Balaban J connectivity index is 1.26. The molecule has 2 aromatic heterocycles. The first-order chi connectivity index (χ1) is 22.8. The number of carbonyl (C=O) groups is 1. The van der Waals surface area contributed by atoms with E-state index in [1.807, 2.05) is 36.4 Å². The summed E-state index contributed by atoms with van der Waals surface area (Å²) in [6.45, 7) is 7.77. The molecule has 4 atom stereocenters. The SMILES string of the molecule is CC(C)C1CCN(CCNC(=O)c2nc(NCC(c3ccccc3)c3ccccc3)c3ncn([C@@H]4O[C@H](CO)[C@@H](O)[C@@H]4O)c3n2)CC1. The third kappa shape index (κ3) is 7.31. The lowest BCUT2D eigenvalue weighted by Crippen LogP contribution is -2.40. The Morgan fingerprint density at radius 3 is 2.23 bits per heavy atom. The molecule has 1 amide bonds. The van der Waals surface area contributed by atoms with Crippen LogP contribution in [0.2, 0.25) is 0 Å². The van der Waals surface area contributed by atoms with Crippen LogP contribution in [-0.2, 0) is 4.74 Å². The fourth-order valence-corrected chi connectivity index (χ4v) is 6.68. The Bertz CT molecular complexity index is 1570. The van der Waals surface area contributed by atoms with Gasteiger partial charge < -0.3 is 35.6 Å². The maximum atomic E-state index is 13.5. The second kappa shape index (κ2) is 14.9. The van der Waals surface area contributed by atoms with E-state index in [0.717, 1.165) is 49.5 Å². The van der Waals surface area contributed by atoms with E-state index in [4.69, 9.17) is 4.74 Å². The normalized spacial score (nSPS) is 22.4. The third-order valence-electron chi connectivity index (χ3n) is 9.58. The molecule has 0 aliphatic carbocycles. The summed E-state index contributed by atoms with van der Waals surface area (Å²) in [7, 11) is 0. The number of likely N-dealkylation sites (tertiary alicyclic amines) is 1. The van der Waals surface area contributed by atoms with Gasteiger partial charge in [0.15, 0.2) is 23.2 Å². The Kier molecular flexibility index (Phi) is 10.4. The van der Waals surface area contributed by atoms with E-state index in [1.165, 1.54) is 10.9 Å². The molecule has 47 heavy (non-hydrogen) atoms. The van der Waals surface area contributed by atoms with E-state index in [1.54, 1.807) is 0 Å². The number of hydrogen-bond acceptors (Lipinski definition) is 10. The van der Waals surface area contributed by atoms with Crippen molar-refractivity contribution in [3.63, 3.8) is 0 Å². The van der Waals surface area contributed by atoms with E-state index in [2.05, 4.69) is 68.6 Å². The predicted molar refractivity (Wildman–Crippen MR) is 178 cm³/mol. The topological polar surface area (TPSA) is 158 Å². The van der Waals surface area contributed by atoms with Crippen molar-refractivity contribution in [3.05, 3.63) is 83.9 Å². The van der Waals surface area contributed by atoms with Gasteiger partial charge >= 0.3 is 0 Å². The zero-order valence-electron chi connectivity index (χ0n) is 26.9. The van der Waals surface area contributed by atoms with Crippen LogP contribution >= 0.6 is 0 Å². The number of aliphatic hydroxyl groups excluding tert-OH is 3. The summed E-state index contributed by atoms with van der Waals surface area (Å²) in [6, 6.07) is 20.3. The van der Waals surface area contributed by atoms with Crippen molar-refractivity contribution in [1.82, 2.24) is 29.7 Å². The van der Waals surface area contributed by atoms with Crippen LogP contribution in [0.15, 0.2) is 67.0 Å². The maximum Gasteiger partial charge on any atom is 0.289 e. The molecule has 2 aliphatic heterocycles. The molecule has 250 valence electrons. The van der Waals surface area contributed by atoms with Crippen molar-refractivity contribution in [2.75, 3.05) is 44.6 Å². The highest BCUT2D eigenvalue weighted by Crippen LogP contribution is 2.33. The van der Waals surface area contributed by atoms with Gasteiger partial charge in [0.1, 0.15) is 18.3 Å². The number of aromatic nitrogens is 4. The summed E-state index contributed by atoms with van der Waals surface area (Å²) in [5, 5.41) is 37.3. The van der Waals surface area contributed by atoms with Crippen molar-refractivity contribution < 1.29 is 24.9 Å². The van der Waals surface area contributed by atoms with Gasteiger partial charge in [-0.2, -0.15) is 0 Å². The summed E-state index contributed by atoms with van der Waals surface area (Å²) in [6.07, 6.45) is -0.907. The molecule has 2 aromatic carbocycles. The molecular formula is C35H45N7O5. The van der Waals surface area contributed by atoms with Crippen molar-refractivity contribution in [3.8, 4) is 0 Å². The van der Waals surface area contributed by atoms with Gasteiger partial charge in [-0.15, -0.1) is 0 Å². The number of aliphatic hydroxyl groups is 3. The van der Waals surface area contributed by atoms with Crippen LogP contribution in [0.5, 0.6) is 0 Å². The number of carbonyl (C=O) groups excluding carboxylic acids is 1. The van der Waals surface area contributed by atoms with Crippen LogP contribution in [0.4, 0.5) is 5.82 Å².